The van der Waals surface area contributed by atoms with Crippen molar-refractivity contribution in [3.63, 3.8) is 0 Å². The van der Waals surface area contributed by atoms with Crippen LogP contribution in [0.25, 0.3) is 5.69 Å². The van der Waals surface area contributed by atoms with E-state index in [0.717, 1.165) is 30.8 Å². The van der Waals surface area contributed by atoms with Crippen molar-refractivity contribution < 1.29 is 23.4 Å². The summed E-state index contributed by atoms with van der Waals surface area (Å²) in [6.45, 7) is 1.33. The minimum atomic E-state index is -0.352. The highest BCUT2D eigenvalue weighted by atomic mass is 32.2. The number of carbonyl (C=O) groups excluding carboxylic acids is 1. The molecule has 2 aliphatic rings. The summed E-state index contributed by atoms with van der Waals surface area (Å²) in [5.41, 5.74) is 1.23. The van der Waals surface area contributed by atoms with Gasteiger partial charge in [0, 0.05) is 25.3 Å². The maximum Gasteiger partial charge on any atom is 0.231 e. The van der Waals surface area contributed by atoms with Gasteiger partial charge in [-0.25, -0.2) is 4.39 Å². The molecule has 1 saturated heterocycles. The van der Waals surface area contributed by atoms with Gasteiger partial charge in [0.05, 0.1) is 18.2 Å². The predicted molar refractivity (Wildman–Crippen MR) is 124 cm³/mol. The molecule has 2 aromatic carbocycles. The van der Waals surface area contributed by atoms with E-state index in [9.17, 15) is 9.18 Å². The van der Waals surface area contributed by atoms with Crippen LogP contribution in [0.4, 0.5) is 4.39 Å². The number of hydrogen-bond acceptors (Lipinski definition) is 7. The van der Waals surface area contributed by atoms with Crippen LogP contribution < -0.4 is 14.8 Å². The van der Waals surface area contributed by atoms with Gasteiger partial charge in [-0.2, -0.15) is 0 Å². The maximum absolute atomic E-state index is 14.6. The largest absolute Gasteiger partial charge is 0.454 e. The number of ether oxygens (including phenoxy) is 3. The van der Waals surface area contributed by atoms with Crippen LogP contribution in [0.2, 0.25) is 0 Å². The van der Waals surface area contributed by atoms with Crippen molar-refractivity contribution in [1.82, 2.24) is 20.1 Å². The summed E-state index contributed by atoms with van der Waals surface area (Å²) < 4.78 is 32.7. The van der Waals surface area contributed by atoms with Crippen molar-refractivity contribution in [3.05, 3.63) is 59.7 Å². The van der Waals surface area contributed by atoms with E-state index in [1.165, 1.54) is 17.8 Å². The fourth-order valence-corrected chi connectivity index (χ4v) is 5.02. The number of nitrogens with one attached hydrogen (secondary N) is 1. The van der Waals surface area contributed by atoms with Crippen LogP contribution in [0.3, 0.4) is 0 Å². The molecule has 0 saturated carbocycles. The van der Waals surface area contributed by atoms with Crippen LogP contribution in [0.15, 0.2) is 47.6 Å². The molecule has 34 heavy (non-hydrogen) atoms. The number of fused-ring (bicyclic) bond motifs is 1. The van der Waals surface area contributed by atoms with Gasteiger partial charge in [-0.1, -0.05) is 30.0 Å². The number of halogens is 1. The van der Waals surface area contributed by atoms with Crippen molar-refractivity contribution in [2.75, 3.05) is 25.7 Å². The molecule has 1 amide bonds. The molecule has 0 aliphatic carbocycles. The third kappa shape index (κ3) is 5.18. The van der Waals surface area contributed by atoms with Gasteiger partial charge in [0.25, 0.3) is 0 Å². The molecule has 2 aliphatic heterocycles. The fraction of sp³-hybridized carbons (Fsp3) is 0.375. The lowest BCUT2D eigenvalue weighted by Gasteiger charge is -2.13. The molecule has 1 unspecified atom stereocenters. The molecular formula is C24H25FN4O4S. The molecule has 178 valence electrons. The number of nitrogens with zero attached hydrogens (tertiary/aromatic N) is 3. The van der Waals surface area contributed by atoms with Crippen LogP contribution in [-0.4, -0.2) is 52.5 Å². The summed E-state index contributed by atoms with van der Waals surface area (Å²) in [7, 11) is 0. The number of para-hydroxylation sites is 1. The minimum Gasteiger partial charge on any atom is -0.454 e. The first-order valence-electron chi connectivity index (χ1n) is 11.3. The lowest BCUT2D eigenvalue weighted by Crippen LogP contribution is -2.28. The number of hydrogen-bond donors (Lipinski definition) is 1. The van der Waals surface area contributed by atoms with E-state index in [1.807, 2.05) is 12.1 Å². The average Bonchev–Trinajstić information content (AvgIpc) is 3.59. The van der Waals surface area contributed by atoms with Crippen molar-refractivity contribution in [1.29, 1.82) is 0 Å². The Bertz CT molecular complexity index is 1170. The van der Waals surface area contributed by atoms with E-state index in [1.54, 1.807) is 28.8 Å². The maximum atomic E-state index is 14.6. The Morgan fingerprint density at radius 1 is 1.18 bits per heavy atom. The van der Waals surface area contributed by atoms with Crippen LogP contribution >= 0.6 is 11.8 Å². The molecule has 8 nitrogen and oxygen atoms in total. The molecule has 10 heteroatoms. The zero-order chi connectivity index (χ0) is 23.3. The van der Waals surface area contributed by atoms with E-state index in [2.05, 4.69) is 15.5 Å². The molecule has 0 radical (unpaired) electrons. The van der Waals surface area contributed by atoms with Gasteiger partial charge in [-0.3, -0.25) is 9.36 Å². The quantitative estimate of drug-likeness (QED) is 0.466. The zero-order valence-corrected chi connectivity index (χ0v) is 19.4. The first-order valence-corrected chi connectivity index (χ1v) is 12.2. The standard InChI is InChI=1S/C24H25FN4O4S/c25-18-5-1-2-6-19(18)29-22(27-28-24(29)34-14-17-4-3-11-31-17)9-10-26-23(30)13-16-7-8-20-21(12-16)33-15-32-20/h1-2,5-8,12,17H,3-4,9-11,13-15H2,(H,26,30). The van der Waals surface area contributed by atoms with E-state index in [-0.39, 0.29) is 31.0 Å². The number of amides is 1. The van der Waals surface area contributed by atoms with Crippen molar-refractivity contribution in [2.45, 2.75) is 36.9 Å². The zero-order valence-electron chi connectivity index (χ0n) is 18.5. The highest BCUT2D eigenvalue weighted by Gasteiger charge is 2.21. The Morgan fingerprint density at radius 3 is 2.91 bits per heavy atom. The van der Waals surface area contributed by atoms with Gasteiger partial charge >= 0.3 is 0 Å². The molecule has 1 aromatic heterocycles. The molecule has 3 heterocycles. The van der Waals surface area contributed by atoms with Gasteiger partial charge in [0.15, 0.2) is 16.7 Å². The highest BCUT2D eigenvalue weighted by Crippen LogP contribution is 2.32. The number of benzene rings is 2. The topological polar surface area (TPSA) is 87.5 Å². The van der Waals surface area contributed by atoms with E-state index < -0.39 is 0 Å². The molecular weight excluding hydrogens is 459 g/mol. The number of carbonyl (C=O) groups is 1. The fourth-order valence-electron chi connectivity index (χ4n) is 3.99. The molecule has 3 aromatic rings. The lowest BCUT2D eigenvalue weighted by atomic mass is 10.1. The van der Waals surface area contributed by atoms with E-state index in [4.69, 9.17) is 14.2 Å². The number of rotatable bonds is 9. The third-order valence-corrected chi connectivity index (χ3v) is 6.75. The summed E-state index contributed by atoms with van der Waals surface area (Å²) >= 11 is 1.51. The molecule has 5 rings (SSSR count). The highest BCUT2D eigenvalue weighted by molar-refractivity contribution is 7.99. The first kappa shape index (κ1) is 22.7. The predicted octanol–water partition coefficient (Wildman–Crippen LogP) is 3.31. The summed E-state index contributed by atoms with van der Waals surface area (Å²) in [6.07, 6.45) is 2.88. The summed E-state index contributed by atoms with van der Waals surface area (Å²) in [5, 5.41) is 12.1. The monoisotopic (exact) mass is 484 g/mol. The number of aromatic nitrogens is 3. The van der Waals surface area contributed by atoms with Crippen LogP contribution in [0.1, 0.15) is 24.2 Å². The normalized spacial score (nSPS) is 16.7. The van der Waals surface area contributed by atoms with E-state index >= 15 is 0 Å². The second kappa shape index (κ2) is 10.4. The third-order valence-electron chi connectivity index (χ3n) is 5.69. The molecule has 0 spiro atoms. The SMILES string of the molecule is O=C(Cc1ccc2c(c1)OCO2)NCCc1nnc(SCC2CCCO2)n1-c1ccccc1F. The van der Waals surface area contributed by atoms with Gasteiger partial charge in [-0.15, -0.1) is 10.2 Å². The lowest BCUT2D eigenvalue weighted by molar-refractivity contribution is -0.120. The first-order chi connectivity index (χ1) is 16.7. The summed E-state index contributed by atoms with van der Waals surface area (Å²) in [6, 6.07) is 12.0. The number of thioether (sulfide) groups is 1. The smallest absolute Gasteiger partial charge is 0.231 e. The Labute approximate surface area is 200 Å². The van der Waals surface area contributed by atoms with Crippen LogP contribution in [0, 0.1) is 5.82 Å². The Morgan fingerprint density at radius 2 is 2.06 bits per heavy atom. The van der Waals surface area contributed by atoms with Gasteiger partial charge < -0.3 is 19.5 Å². The average molecular weight is 485 g/mol. The van der Waals surface area contributed by atoms with Crippen LogP contribution in [0.5, 0.6) is 11.5 Å². The molecule has 1 N–H and O–H groups in total. The van der Waals surface area contributed by atoms with Crippen LogP contribution in [-0.2, 0) is 22.4 Å². The molecule has 0 bridgehead atoms. The molecule has 1 fully saturated rings. The second-order valence-corrected chi connectivity index (χ2v) is 9.08. The Hall–Kier alpha value is -3.11. The Balaban J connectivity index is 1.23. The van der Waals surface area contributed by atoms with Gasteiger partial charge in [0.1, 0.15) is 11.6 Å². The summed E-state index contributed by atoms with van der Waals surface area (Å²) in [5.74, 6) is 2.18. The van der Waals surface area contributed by atoms with Crippen molar-refractivity contribution >= 4 is 17.7 Å². The van der Waals surface area contributed by atoms with Gasteiger partial charge in [0.2, 0.25) is 12.7 Å². The van der Waals surface area contributed by atoms with Crippen molar-refractivity contribution in [3.8, 4) is 17.2 Å². The minimum absolute atomic E-state index is 0.121. The van der Waals surface area contributed by atoms with Crippen molar-refractivity contribution in [2.24, 2.45) is 0 Å². The van der Waals surface area contributed by atoms with Gasteiger partial charge in [-0.05, 0) is 42.7 Å². The summed E-state index contributed by atoms with van der Waals surface area (Å²) in [4.78, 5) is 12.5. The second-order valence-electron chi connectivity index (χ2n) is 8.10. The molecule has 1 atom stereocenters. The van der Waals surface area contributed by atoms with E-state index in [0.29, 0.717) is 41.1 Å². The Kier molecular flexibility index (Phi) is 6.96.